The lowest BCUT2D eigenvalue weighted by atomic mass is 9.83. The van der Waals surface area contributed by atoms with Crippen LogP contribution in [0.3, 0.4) is 0 Å². The summed E-state index contributed by atoms with van der Waals surface area (Å²) in [5, 5.41) is 5.80. The van der Waals surface area contributed by atoms with Crippen LogP contribution in [0, 0.1) is 5.92 Å². The van der Waals surface area contributed by atoms with E-state index in [2.05, 4.69) is 165 Å². The predicted molar refractivity (Wildman–Crippen MR) is 255 cm³/mol. The Bertz CT molecular complexity index is 3580. The summed E-state index contributed by atoms with van der Waals surface area (Å²) in [7, 11) is 0. The molecule has 288 valence electrons. The van der Waals surface area contributed by atoms with Crippen molar-refractivity contribution in [2.75, 3.05) is 0 Å². The zero-order valence-electron chi connectivity index (χ0n) is 33.3. The number of hydrogen-bond donors (Lipinski definition) is 0. The van der Waals surface area contributed by atoms with E-state index in [0.717, 1.165) is 78.6 Å². The van der Waals surface area contributed by atoms with Gasteiger partial charge in [-0.2, -0.15) is 0 Å². The average Bonchev–Trinajstić information content (AvgIpc) is 3.91. The van der Waals surface area contributed by atoms with Crippen molar-refractivity contribution in [1.29, 1.82) is 0 Å². The van der Waals surface area contributed by atoms with Gasteiger partial charge in [0.05, 0.1) is 16.9 Å². The van der Waals surface area contributed by atoms with E-state index >= 15 is 0 Å². The summed E-state index contributed by atoms with van der Waals surface area (Å²) < 4.78 is 9.31. The molecule has 61 heavy (non-hydrogen) atoms. The lowest BCUT2D eigenvalue weighted by Crippen LogP contribution is -2.06. The summed E-state index contributed by atoms with van der Waals surface area (Å²) in [6.07, 6.45) is 5.39. The summed E-state index contributed by atoms with van der Waals surface area (Å²) in [6.45, 7) is 2.30. The van der Waals surface area contributed by atoms with Crippen LogP contribution in [-0.4, -0.2) is 15.0 Å². The van der Waals surface area contributed by atoms with Crippen molar-refractivity contribution in [3.63, 3.8) is 0 Å². The van der Waals surface area contributed by atoms with Crippen molar-refractivity contribution in [3.05, 3.63) is 199 Å². The van der Waals surface area contributed by atoms with Crippen LogP contribution in [0.25, 0.3) is 109 Å². The smallest absolute Gasteiger partial charge is 0.162 e. The fraction of sp³-hybridized carbons (Fsp3) is 0.0536. The summed E-state index contributed by atoms with van der Waals surface area (Å²) >= 11 is 1.85. The molecule has 0 amide bonds. The monoisotopic (exact) mass is 799 g/mol. The van der Waals surface area contributed by atoms with E-state index in [1.165, 1.54) is 42.4 Å². The largest absolute Gasteiger partial charge is 0.454 e. The molecular formula is C56H37N3OS. The van der Waals surface area contributed by atoms with Crippen LogP contribution < -0.4 is 0 Å². The molecule has 0 radical (unpaired) electrons. The van der Waals surface area contributed by atoms with Crippen LogP contribution in [-0.2, 0) is 0 Å². The van der Waals surface area contributed by atoms with Gasteiger partial charge in [0, 0.05) is 53.0 Å². The van der Waals surface area contributed by atoms with Gasteiger partial charge in [-0.1, -0.05) is 165 Å². The van der Waals surface area contributed by atoms with Crippen molar-refractivity contribution < 1.29 is 4.42 Å². The second-order valence-electron chi connectivity index (χ2n) is 16.0. The Morgan fingerprint density at radius 2 is 1.23 bits per heavy atom. The highest BCUT2D eigenvalue weighted by Gasteiger charge is 2.22. The van der Waals surface area contributed by atoms with Gasteiger partial charge in [0.25, 0.3) is 0 Å². The number of pyridine rings is 1. The number of allylic oxidation sites excluding steroid dienone is 4. The number of hydrogen-bond acceptors (Lipinski definition) is 5. The predicted octanol–water partition coefficient (Wildman–Crippen LogP) is 15.5. The minimum atomic E-state index is 0.341. The number of nitrogens with zero attached hydrogens (tertiary/aromatic N) is 3. The number of rotatable bonds is 6. The maximum Gasteiger partial charge on any atom is 0.162 e. The van der Waals surface area contributed by atoms with Gasteiger partial charge in [-0.25, -0.2) is 15.0 Å². The molecule has 1 aliphatic rings. The molecule has 0 spiro atoms. The zero-order chi connectivity index (χ0) is 40.4. The van der Waals surface area contributed by atoms with Crippen LogP contribution in [0.1, 0.15) is 24.6 Å². The maximum absolute atomic E-state index is 6.72. The molecule has 1 aliphatic carbocycles. The van der Waals surface area contributed by atoms with Crippen molar-refractivity contribution in [3.8, 4) is 45.0 Å². The molecule has 5 heteroatoms. The van der Waals surface area contributed by atoms with Crippen molar-refractivity contribution in [2.24, 2.45) is 5.92 Å². The third kappa shape index (κ3) is 6.08. The van der Waals surface area contributed by atoms with Crippen molar-refractivity contribution in [1.82, 2.24) is 15.0 Å². The van der Waals surface area contributed by atoms with Gasteiger partial charge in [0.2, 0.25) is 0 Å². The lowest BCUT2D eigenvalue weighted by molar-refractivity contribution is 0.669. The first-order chi connectivity index (χ1) is 30.1. The van der Waals surface area contributed by atoms with Crippen LogP contribution in [0.2, 0.25) is 0 Å². The molecule has 0 saturated carbocycles. The Morgan fingerprint density at radius 1 is 0.525 bits per heavy atom. The highest BCUT2D eigenvalue weighted by molar-refractivity contribution is 7.26. The first-order valence-corrected chi connectivity index (χ1v) is 21.6. The van der Waals surface area contributed by atoms with Crippen LogP contribution >= 0.6 is 11.3 Å². The molecular weight excluding hydrogens is 763 g/mol. The average molecular weight is 800 g/mol. The Balaban J connectivity index is 1.02. The molecule has 4 aromatic heterocycles. The fourth-order valence-corrected chi connectivity index (χ4v) is 10.4. The Labute approximate surface area is 356 Å². The fourth-order valence-electron chi connectivity index (χ4n) is 9.19. The normalized spacial score (nSPS) is 14.3. The van der Waals surface area contributed by atoms with Crippen LogP contribution in [0.15, 0.2) is 192 Å². The number of benzene rings is 7. The van der Waals surface area contributed by atoms with Crippen molar-refractivity contribution >= 4 is 75.5 Å². The number of furan rings is 1. The van der Waals surface area contributed by atoms with Gasteiger partial charge >= 0.3 is 0 Å². The topological polar surface area (TPSA) is 51.8 Å². The van der Waals surface area contributed by atoms with Crippen LogP contribution in [0.4, 0.5) is 0 Å². The summed E-state index contributed by atoms with van der Waals surface area (Å²) in [4.78, 5) is 15.9. The minimum absolute atomic E-state index is 0.341. The Hall–Kier alpha value is -7.47. The number of para-hydroxylation sites is 1. The molecule has 1 atom stereocenters. The number of aromatic nitrogens is 3. The van der Waals surface area contributed by atoms with Gasteiger partial charge in [-0.05, 0) is 70.5 Å². The maximum atomic E-state index is 6.72. The van der Waals surface area contributed by atoms with E-state index in [4.69, 9.17) is 19.4 Å². The highest BCUT2D eigenvalue weighted by atomic mass is 32.1. The molecule has 1 unspecified atom stereocenters. The molecule has 0 aliphatic heterocycles. The van der Waals surface area contributed by atoms with Gasteiger partial charge in [-0.3, -0.25) is 0 Å². The van der Waals surface area contributed by atoms with E-state index < -0.39 is 0 Å². The highest BCUT2D eigenvalue weighted by Crippen LogP contribution is 2.44. The molecule has 0 bridgehead atoms. The molecule has 0 saturated heterocycles. The third-order valence-electron chi connectivity index (χ3n) is 12.2. The molecule has 0 fully saturated rings. The van der Waals surface area contributed by atoms with Crippen LogP contribution in [0.5, 0.6) is 0 Å². The summed E-state index contributed by atoms with van der Waals surface area (Å²) in [5.41, 5.74) is 14.2. The second kappa shape index (κ2) is 14.4. The summed E-state index contributed by atoms with van der Waals surface area (Å²) in [6, 6.07) is 62.0. The van der Waals surface area contributed by atoms with E-state index in [1.807, 2.05) is 41.7 Å². The van der Waals surface area contributed by atoms with Gasteiger partial charge in [0.1, 0.15) is 11.3 Å². The Morgan fingerprint density at radius 3 is 2.08 bits per heavy atom. The minimum Gasteiger partial charge on any atom is -0.454 e. The molecule has 11 aromatic rings. The standard InChI is InChI=1S/C56H37N3OS/c1-34-30-39(27-28-41(34)35-14-4-2-5-15-35)48-33-47(58-56(59-48)36-16-6-3-7-17-36)38-18-12-19-40(31-38)53-54-52(46-21-8-10-24-50(46)60-54)45-29-26-37(32-49(45)57-53)42-22-13-23-44-43-20-9-11-25-51(43)61-55(42)44/h2-29,31-34H,30H2,1H3. The first-order valence-electron chi connectivity index (χ1n) is 20.8. The van der Waals surface area contributed by atoms with Gasteiger partial charge < -0.3 is 4.42 Å². The third-order valence-corrected chi connectivity index (χ3v) is 13.4. The first kappa shape index (κ1) is 35.5. The van der Waals surface area contributed by atoms with E-state index in [1.54, 1.807) is 0 Å². The number of thiophene rings is 1. The molecule has 4 heterocycles. The van der Waals surface area contributed by atoms with Gasteiger partial charge in [0.15, 0.2) is 11.4 Å². The number of fused-ring (bicyclic) bond motifs is 8. The molecule has 7 aromatic carbocycles. The quantitative estimate of drug-likeness (QED) is 0.168. The second-order valence-corrected chi connectivity index (χ2v) is 17.0. The lowest BCUT2D eigenvalue weighted by Gasteiger charge is -2.22. The van der Waals surface area contributed by atoms with E-state index in [-0.39, 0.29) is 0 Å². The van der Waals surface area contributed by atoms with Crippen molar-refractivity contribution in [2.45, 2.75) is 13.3 Å². The van der Waals surface area contributed by atoms with Gasteiger partial charge in [-0.15, -0.1) is 11.3 Å². The Kier molecular flexibility index (Phi) is 8.36. The zero-order valence-corrected chi connectivity index (χ0v) is 34.2. The SMILES string of the molecule is CC1CC(c2cc(-c3cccc(-c4nc5cc(-c6cccc7c6sc6ccccc67)ccc5c5c4oc4ccccc45)c3)nc(-c3ccccc3)n2)=CC=C1c1ccccc1. The summed E-state index contributed by atoms with van der Waals surface area (Å²) in [5.74, 6) is 1.04. The molecule has 4 nitrogen and oxygen atoms in total. The van der Waals surface area contributed by atoms with E-state index in [9.17, 15) is 0 Å². The molecule has 0 N–H and O–H groups in total. The van der Waals surface area contributed by atoms with E-state index in [0.29, 0.717) is 11.7 Å². The molecule has 12 rings (SSSR count).